The average molecular weight is 238 g/mol. The van der Waals surface area contributed by atoms with Gasteiger partial charge in [0.25, 0.3) is 5.91 Å². The SMILES string of the molecule is CC(CC#N)NC(=O)c1cccc2ccccc12. The van der Waals surface area contributed by atoms with Crippen molar-refractivity contribution in [2.24, 2.45) is 0 Å². The highest BCUT2D eigenvalue weighted by molar-refractivity contribution is 6.07. The Morgan fingerprint density at radius 3 is 2.78 bits per heavy atom. The summed E-state index contributed by atoms with van der Waals surface area (Å²) in [5, 5.41) is 13.4. The second-order valence-electron chi connectivity index (χ2n) is 4.26. The van der Waals surface area contributed by atoms with Gasteiger partial charge in [0.1, 0.15) is 0 Å². The number of carbonyl (C=O) groups excluding carboxylic acids is 1. The number of hydrogen-bond donors (Lipinski definition) is 1. The van der Waals surface area contributed by atoms with Gasteiger partial charge in [0.05, 0.1) is 12.5 Å². The molecule has 18 heavy (non-hydrogen) atoms. The molecule has 2 rings (SSSR count). The molecule has 1 N–H and O–H groups in total. The van der Waals surface area contributed by atoms with Crippen LogP contribution in [0.2, 0.25) is 0 Å². The van der Waals surface area contributed by atoms with E-state index < -0.39 is 0 Å². The smallest absolute Gasteiger partial charge is 0.252 e. The molecule has 0 aromatic heterocycles. The van der Waals surface area contributed by atoms with Crippen molar-refractivity contribution in [1.82, 2.24) is 5.32 Å². The number of nitriles is 1. The van der Waals surface area contributed by atoms with E-state index in [0.717, 1.165) is 10.8 Å². The molecular formula is C15H14N2O. The molecule has 2 aromatic carbocycles. The van der Waals surface area contributed by atoms with E-state index in [1.807, 2.05) is 49.4 Å². The Bertz CT molecular complexity index is 608. The van der Waals surface area contributed by atoms with Crippen molar-refractivity contribution in [1.29, 1.82) is 5.26 Å². The molecule has 0 spiro atoms. The van der Waals surface area contributed by atoms with Crippen molar-refractivity contribution < 1.29 is 4.79 Å². The van der Waals surface area contributed by atoms with E-state index in [9.17, 15) is 4.79 Å². The summed E-state index contributed by atoms with van der Waals surface area (Å²) in [6.45, 7) is 1.83. The van der Waals surface area contributed by atoms with E-state index in [-0.39, 0.29) is 11.9 Å². The Labute approximate surface area is 106 Å². The second kappa shape index (κ2) is 5.33. The Hall–Kier alpha value is -2.34. The first-order chi connectivity index (χ1) is 8.72. The summed E-state index contributed by atoms with van der Waals surface area (Å²) >= 11 is 0. The Kier molecular flexibility index (Phi) is 3.59. The molecule has 0 aliphatic heterocycles. The highest BCUT2D eigenvalue weighted by atomic mass is 16.1. The molecule has 3 heteroatoms. The highest BCUT2D eigenvalue weighted by Crippen LogP contribution is 2.18. The second-order valence-corrected chi connectivity index (χ2v) is 4.26. The topological polar surface area (TPSA) is 52.9 Å². The lowest BCUT2D eigenvalue weighted by Gasteiger charge is -2.11. The zero-order valence-corrected chi connectivity index (χ0v) is 10.2. The van der Waals surface area contributed by atoms with Crippen LogP contribution in [0.25, 0.3) is 10.8 Å². The Morgan fingerprint density at radius 1 is 1.28 bits per heavy atom. The normalized spacial score (nSPS) is 11.8. The molecular weight excluding hydrogens is 224 g/mol. The van der Waals surface area contributed by atoms with Crippen LogP contribution in [-0.4, -0.2) is 11.9 Å². The molecule has 1 amide bonds. The lowest BCUT2D eigenvalue weighted by Crippen LogP contribution is -2.32. The minimum absolute atomic E-state index is 0.130. The van der Waals surface area contributed by atoms with Gasteiger partial charge in [-0.05, 0) is 23.8 Å². The number of nitrogens with one attached hydrogen (secondary N) is 1. The summed E-state index contributed by atoms with van der Waals surface area (Å²) in [5.74, 6) is -0.130. The molecule has 0 aliphatic rings. The third-order valence-corrected chi connectivity index (χ3v) is 2.81. The molecule has 90 valence electrons. The van der Waals surface area contributed by atoms with Crippen molar-refractivity contribution in [3.63, 3.8) is 0 Å². The third kappa shape index (κ3) is 2.49. The van der Waals surface area contributed by atoms with Gasteiger partial charge in [0.2, 0.25) is 0 Å². The lowest BCUT2D eigenvalue weighted by atomic mass is 10.0. The van der Waals surface area contributed by atoms with E-state index in [2.05, 4.69) is 5.32 Å². The molecule has 1 atom stereocenters. The van der Waals surface area contributed by atoms with E-state index in [0.29, 0.717) is 12.0 Å². The maximum atomic E-state index is 12.1. The fourth-order valence-electron chi connectivity index (χ4n) is 1.91. The van der Waals surface area contributed by atoms with E-state index in [1.165, 1.54) is 0 Å². The van der Waals surface area contributed by atoms with Gasteiger partial charge in [0.15, 0.2) is 0 Å². The van der Waals surface area contributed by atoms with Crippen LogP contribution in [-0.2, 0) is 0 Å². The van der Waals surface area contributed by atoms with Crippen LogP contribution in [0, 0.1) is 11.3 Å². The maximum absolute atomic E-state index is 12.1. The van der Waals surface area contributed by atoms with Crippen molar-refractivity contribution in [3.05, 3.63) is 48.0 Å². The number of rotatable bonds is 3. The largest absolute Gasteiger partial charge is 0.349 e. The van der Waals surface area contributed by atoms with Gasteiger partial charge in [-0.25, -0.2) is 0 Å². The predicted octanol–water partition coefficient (Wildman–Crippen LogP) is 2.87. The Balaban J connectivity index is 2.31. The number of nitrogens with zero attached hydrogens (tertiary/aromatic N) is 1. The summed E-state index contributed by atoms with van der Waals surface area (Å²) in [6, 6.07) is 15.3. The summed E-state index contributed by atoms with van der Waals surface area (Å²) in [4.78, 5) is 12.1. The fourth-order valence-corrected chi connectivity index (χ4v) is 1.91. The third-order valence-electron chi connectivity index (χ3n) is 2.81. The van der Waals surface area contributed by atoms with Gasteiger partial charge in [0, 0.05) is 11.6 Å². The molecule has 0 saturated carbocycles. The van der Waals surface area contributed by atoms with Crippen LogP contribution in [0.5, 0.6) is 0 Å². The first kappa shape index (κ1) is 12.1. The van der Waals surface area contributed by atoms with Gasteiger partial charge >= 0.3 is 0 Å². The van der Waals surface area contributed by atoms with Gasteiger partial charge in [-0.3, -0.25) is 4.79 Å². The van der Waals surface area contributed by atoms with Crippen LogP contribution in [0.4, 0.5) is 0 Å². The van der Waals surface area contributed by atoms with Crippen molar-refractivity contribution in [2.45, 2.75) is 19.4 Å². The van der Waals surface area contributed by atoms with Crippen LogP contribution >= 0.6 is 0 Å². The molecule has 0 heterocycles. The predicted molar refractivity (Wildman–Crippen MR) is 71.1 cm³/mol. The molecule has 1 unspecified atom stereocenters. The molecule has 2 aromatic rings. The average Bonchev–Trinajstić information content (AvgIpc) is 2.38. The monoisotopic (exact) mass is 238 g/mol. The summed E-state index contributed by atoms with van der Waals surface area (Å²) in [5.41, 5.74) is 0.651. The summed E-state index contributed by atoms with van der Waals surface area (Å²) < 4.78 is 0. The van der Waals surface area contributed by atoms with Crippen LogP contribution in [0.3, 0.4) is 0 Å². The van der Waals surface area contributed by atoms with Crippen molar-refractivity contribution in [3.8, 4) is 6.07 Å². The molecule has 0 bridgehead atoms. The van der Waals surface area contributed by atoms with Crippen LogP contribution < -0.4 is 5.32 Å². The van der Waals surface area contributed by atoms with Crippen LogP contribution in [0.1, 0.15) is 23.7 Å². The minimum atomic E-state index is -0.138. The van der Waals surface area contributed by atoms with Gasteiger partial charge in [-0.2, -0.15) is 5.26 Å². The maximum Gasteiger partial charge on any atom is 0.252 e. The van der Waals surface area contributed by atoms with E-state index in [1.54, 1.807) is 6.07 Å². The number of hydrogen-bond acceptors (Lipinski definition) is 2. The first-order valence-electron chi connectivity index (χ1n) is 5.88. The first-order valence-corrected chi connectivity index (χ1v) is 5.88. The van der Waals surface area contributed by atoms with Crippen LogP contribution in [0.15, 0.2) is 42.5 Å². The Morgan fingerprint density at radius 2 is 2.00 bits per heavy atom. The zero-order chi connectivity index (χ0) is 13.0. The van der Waals surface area contributed by atoms with E-state index >= 15 is 0 Å². The lowest BCUT2D eigenvalue weighted by molar-refractivity contribution is 0.0942. The van der Waals surface area contributed by atoms with Gasteiger partial charge in [-0.1, -0.05) is 36.4 Å². The van der Waals surface area contributed by atoms with E-state index in [4.69, 9.17) is 5.26 Å². The quantitative estimate of drug-likeness (QED) is 0.893. The molecule has 0 aliphatic carbocycles. The summed E-state index contributed by atoms with van der Waals surface area (Å²) in [7, 11) is 0. The molecule has 0 fully saturated rings. The zero-order valence-electron chi connectivity index (χ0n) is 10.2. The molecule has 3 nitrogen and oxygen atoms in total. The standard InChI is InChI=1S/C15H14N2O/c1-11(9-10-16)17-15(18)14-8-4-6-12-5-2-3-7-13(12)14/h2-8,11H,9H2,1H3,(H,17,18). The molecule has 0 radical (unpaired) electrons. The minimum Gasteiger partial charge on any atom is -0.349 e. The summed E-state index contributed by atoms with van der Waals surface area (Å²) in [6.07, 6.45) is 0.316. The highest BCUT2D eigenvalue weighted by Gasteiger charge is 2.11. The number of fused-ring (bicyclic) bond motifs is 1. The van der Waals surface area contributed by atoms with Gasteiger partial charge in [-0.15, -0.1) is 0 Å². The number of amides is 1. The van der Waals surface area contributed by atoms with Gasteiger partial charge < -0.3 is 5.32 Å². The van der Waals surface area contributed by atoms with Crippen molar-refractivity contribution in [2.75, 3.05) is 0 Å². The fraction of sp³-hybridized carbons (Fsp3) is 0.200. The number of benzene rings is 2. The number of carbonyl (C=O) groups is 1. The van der Waals surface area contributed by atoms with Crippen molar-refractivity contribution >= 4 is 16.7 Å². The molecule has 0 saturated heterocycles.